The van der Waals surface area contributed by atoms with Gasteiger partial charge in [-0.25, -0.2) is 0 Å². The van der Waals surface area contributed by atoms with Crippen LogP contribution in [0.4, 0.5) is 0 Å². The SMILES string of the molecule is CCOc1cc(CCCN(C)C)cc(Br)c1OCC. The molecule has 3 nitrogen and oxygen atoms in total. The number of aryl methyl sites for hydroxylation is 1. The van der Waals surface area contributed by atoms with Crippen molar-refractivity contribution in [2.75, 3.05) is 33.9 Å². The lowest BCUT2D eigenvalue weighted by molar-refractivity contribution is 0.286. The molecule has 0 aliphatic rings. The molecular formula is C15H24BrNO2. The molecule has 0 heterocycles. The molecule has 0 amide bonds. The lowest BCUT2D eigenvalue weighted by Gasteiger charge is -2.15. The van der Waals surface area contributed by atoms with E-state index in [2.05, 4.69) is 47.1 Å². The van der Waals surface area contributed by atoms with Gasteiger partial charge in [0.25, 0.3) is 0 Å². The van der Waals surface area contributed by atoms with E-state index >= 15 is 0 Å². The molecule has 0 aliphatic heterocycles. The predicted octanol–water partition coefficient (Wildman–Crippen LogP) is 3.74. The summed E-state index contributed by atoms with van der Waals surface area (Å²) in [6.45, 7) is 6.34. The standard InChI is InChI=1S/C15H24BrNO2/c1-5-18-14-11-12(8-7-9-17(3)4)10-13(16)15(14)19-6-2/h10-11H,5-9H2,1-4H3. The normalized spacial score (nSPS) is 10.8. The first kappa shape index (κ1) is 16.3. The number of nitrogens with zero attached hydrogens (tertiary/aromatic N) is 1. The fourth-order valence-electron chi connectivity index (χ4n) is 1.91. The predicted molar refractivity (Wildman–Crippen MR) is 83.4 cm³/mol. The fourth-order valence-corrected chi connectivity index (χ4v) is 2.52. The topological polar surface area (TPSA) is 21.7 Å². The number of benzene rings is 1. The Labute approximate surface area is 125 Å². The molecule has 0 aromatic heterocycles. The molecule has 1 rings (SSSR count). The van der Waals surface area contributed by atoms with Crippen LogP contribution in [0.15, 0.2) is 16.6 Å². The quantitative estimate of drug-likeness (QED) is 0.725. The van der Waals surface area contributed by atoms with Crippen molar-refractivity contribution in [3.05, 3.63) is 22.2 Å². The molecule has 108 valence electrons. The highest BCUT2D eigenvalue weighted by atomic mass is 79.9. The molecular weight excluding hydrogens is 306 g/mol. The van der Waals surface area contributed by atoms with Crippen LogP contribution in [0.25, 0.3) is 0 Å². The Balaban J connectivity index is 2.83. The molecule has 1 aromatic carbocycles. The molecule has 0 saturated heterocycles. The van der Waals surface area contributed by atoms with Crippen LogP contribution in [0, 0.1) is 0 Å². The van der Waals surface area contributed by atoms with E-state index in [9.17, 15) is 0 Å². The van der Waals surface area contributed by atoms with Gasteiger partial charge in [-0.3, -0.25) is 0 Å². The van der Waals surface area contributed by atoms with Crippen LogP contribution >= 0.6 is 15.9 Å². The molecule has 0 bridgehead atoms. The molecule has 19 heavy (non-hydrogen) atoms. The zero-order valence-corrected chi connectivity index (χ0v) is 13.9. The van der Waals surface area contributed by atoms with E-state index < -0.39 is 0 Å². The van der Waals surface area contributed by atoms with Gasteiger partial charge >= 0.3 is 0 Å². The molecule has 0 aliphatic carbocycles. The van der Waals surface area contributed by atoms with E-state index in [-0.39, 0.29) is 0 Å². The molecule has 0 spiro atoms. The molecule has 1 aromatic rings. The Morgan fingerprint density at radius 3 is 2.37 bits per heavy atom. The molecule has 0 unspecified atom stereocenters. The summed E-state index contributed by atoms with van der Waals surface area (Å²) in [5, 5.41) is 0. The van der Waals surface area contributed by atoms with Crippen LogP contribution in [0.2, 0.25) is 0 Å². The van der Waals surface area contributed by atoms with E-state index in [0.29, 0.717) is 13.2 Å². The summed E-state index contributed by atoms with van der Waals surface area (Å²) >= 11 is 3.57. The van der Waals surface area contributed by atoms with Crippen molar-refractivity contribution >= 4 is 15.9 Å². The van der Waals surface area contributed by atoms with Gasteiger partial charge in [-0.1, -0.05) is 0 Å². The smallest absolute Gasteiger partial charge is 0.175 e. The Kier molecular flexibility index (Phi) is 7.24. The summed E-state index contributed by atoms with van der Waals surface area (Å²) in [5.41, 5.74) is 1.28. The van der Waals surface area contributed by atoms with Crippen molar-refractivity contribution in [3.63, 3.8) is 0 Å². The summed E-state index contributed by atoms with van der Waals surface area (Å²) in [7, 11) is 4.19. The van der Waals surface area contributed by atoms with E-state index in [1.165, 1.54) is 5.56 Å². The maximum atomic E-state index is 5.67. The number of hydrogen-bond donors (Lipinski definition) is 0. The van der Waals surface area contributed by atoms with Crippen molar-refractivity contribution in [2.45, 2.75) is 26.7 Å². The zero-order valence-electron chi connectivity index (χ0n) is 12.3. The molecule has 4 heteroatoms. The Bertz CT molecular complexity index is 394. The minimum atomic E-state index is 0.638. The minimum Gasteiger partial charge on any atom is -0.490 e. The van der Waals surface area contributed by atoms with Crippen molar-refractivity contribution < 1.29 is 9.47 Å². The van der Waals surface area contributed by atoms with Gasteiger partial charge in [-0.05, 0) is 81.0 Å². The highest BCUT2D eigenvalue weighted by Crippen LogP contribution is 2.37. The number of hydrogen-bond acceptors (Lipinski definition) is 3. The maximum Gasteiger partial charge on any atom is 0.175 e. The van der Waals surface area contributed by atoms with E-state index in [4.69, 9.17) is 9.47 Å². The van der Waals surface area contributed by atoms with Gasteiger partial charge in [0.1, 0.15) is 0 Å². The first-order valence-corrected chi connectivity index (χ1v) is 7.60. The van der Waals surface area contributed by atoms with Gasteiger partial charge in [0, 0.05) is 0 Å². The summed E-state index contributed by atoms with van der Waals surface area (Å²) in [5.74, 6) is 1.64. The van der Waals surface area contributed by atoms with E-state index in [1.54, 1.807) is 0 Å². The second-order valence-corrected chi connectivity index (χ2v) is 5.53. The lowest BCUT2D eigenvalue weighted by Crippen LogP contribution is -2.13. The first-order chi connectivity index (χ1) is 9.08. The van der Waals surface area contributed by atoms with Gasteiger partial charge in [0.2, 0.25) is 0 Å². The highest BCUT2D eigenvalue weighted by molar-refractivity contribution is 9.10. The van der Waals surface area contributed by atoms with Crippen LogP contribution < -0.4 is 9.47 Å². The highest BCUT2D eigenvalue weighted by Gasteiger charge is 2.11. The van der Waals surface area contributed by atoms with Gasteiger partial charge in [0.15, 0.2) is 11.5 Å². The van der Waals surface area contributed by atoms with Gasteiger partial charge < -0.3 is 14.4 Å². The molecule has 0 N–H and O–H groups in total. The second kappa shape index (κ2) is 8.43. The third-order valence-corrected chi connectivity index (χ3v) is 3.32. The second-order valence-electron chi connectivity index (χ2n) is 4.68. The summed E-state index contributed by atoms with van der Waals surface area (Å²) in [6, 6.07) is 4.22. The maximum absolute atomic E-state index is 5.67. The van der Waals surface area contributed by atoms with E-state index in [1.807, 2.05) is 13.8 Å². The van der Waals surface area contributed by atoms with Gasteiger partial charge in [-0.15, -0.1) is 0 Å². The Morgan fingerprint density at radius 2 is 1.79 bits per heavy atom. The van der Waals surface area contributed by atoms with Crippen molar-refractivity contribution in [1.29, 1.82) is 0 Å². The summed E-state index contributed by atoms with van der Waals surface area (Å²) in [4.78, 5) is 2.20. The van der Waals surface area contributed by atoms with Crippen molar-refractivity contribution in [1.82, 2.24) is 4.90 Å². The van der Waals surface area contributed by atoms with Crippen LogP contribution in [-0.4, -0.2) is 38.8 Å². The van der Waals surface area contributed by atoms with Gasteiger partial charge in [-0.2, -0.15) is 0 Å². The zero-order chi connectivity index (χ0) is 14.3. The van der Waals surface area contributed by atoms with Crippen LogP contribution in [-0.2, 0) is 6.42 Å². The number of rotatable bonds is 8. The van der Waals surface area contributed by atoms with Crippen LogP contribution in [0.1, 0.15) is 25.8 Å². The Morgan fingerprint density at radius 1 is 1.11 bits per heavy atom. The summed E-state index contributed by atoms with van der Waals surface area (Å²) in [6.07, 6.45) is 2.18. The van der Waals surface area contributed by atoms with Crippen LogP contribution in [0.3, 0.4) is 0 Å². The monoisotopic (exact) mass is 329 g/mol. The van der Waals surface area contributed by atoms with Crippen molar-refractivity contribution in [2.24, 2.45) is 0 Å². The summed E-state index contributed by atoms with van der Waals surface area (Å²) < 4.78 is 12.3. The Hall–Kier alpha value is -0.740. The van der Waals surface area contributed by atoms with Crippen molar-refractivity contribution in [3.8, 4) is 11.5 Å². The largest absolute Gasteiger partial charge is 0.490 e. The fraction of sp³-hybridized carbons (Fsp3) is 0.600. The minimum absolute atomic E-state index is 0.638. The molecule has 0 fully saturated rings. The number of halogens is 1. The average molecular weight is 330 g/mol. The third-order valence-electron chi connectivity index (χ3n) is 2.73. The van der Waals surface area contributed by atoms with E-state index in [0.717, 1.165) is 35.4 Å². The lowest BCUT2D eigenvalue weighted by atomic mass is 10.1. The molecule has 0 saturated carbocycles. The van der Waals surface area contributed by atoms with Crippen LogP contribution in [0.5, 0.6) is 11.5 Å². The number of ether oxygens (including phenoxy) is 2. The first-order valence-electron chi connectivity index (χ1n) is 6.81. The third kappa shape index (κ3) is 5.41. The van der Waals surface area contributed by atoms with Gasteiger partial charge in [0.05, 0.1) is 17.7 Å². The average Bonchev–Trinajstić information content (AvgIpc) is 2.33. The molecule has 0 atom stereocenters. The molecule has 0 radical (unpaired) electrons.